The van der Waals surface area contributed by atoms with Crippen molar-refractivity contribution < 1.29 is 0 Å². The molecule has 1 aromatic carbocycles. The number of anilines is 1. The number of hydrogen-bond acceptors (Lipinski definition) is 3. The van der Waals surface area contributed by atoms with E-state index in [0.29, 0.717) is 5.56 Å². The van der Waals surface area contributed by atoms with E-state index < -0.39 is 0 Å². The average Bonchev–Trinajstić information content (AvgIpc) is 2.84. The number of nitrogens with one attached hydrogen (secondary N) is 1. The van der Waals surface area contributed by atoms with Crippen molar-refractivity contribution in [1.29, 1.82) is 5.26 Å². The minimum absolute atomic E-state index is 0.672. The van der Waals surface area contributed by atoms with Gasteiger partial charge < -0.3 is 5.32 Å². The fourth-order valence-corrected chi connectivity index (χ4v) is 2.91. The van der Waals surface area contributed by atoms with Crippen LogP contribution in [0.5, 0.6) is 0 Å². The van der Waals surface area contributed by atoms with Crippen molar-refractivity contribution >= 4 is 33.0 Å². The molecule has 1 N–H and O–H groups in total. The van der Waals surface area contributed by atoms with E-state index in [-0.39, 0.29) is 0 Å². The zero-order chi connectivity index (χ0) is 13.0. The van der Waals surface area contributed by atoms with E-state index in [0.717, 1.165) is 23.1 Å². The number of halogens is 1. The standard InChI is InChI=1S/C14H13BrN2S/c1-2-12-5-6-13(18-12)9-17-14-7-11(15)4-3-10(14)8-16/h3-7,17H,2,9H2,1H3. The van der Waals surface area contributed by atoms with Crippen LogP contribution in [0.1, 0.15) is 22.2 Å². The normalized spacial score (nSPS) is 10.1. The summed E-state index contributed by atoms with van der Waals surface area (Å²) in [5, 5.41) is 12.4. The van der Waals surface area contributed by atoms with Crippen LogP contribution in [0.3, 0.4) is 0 Å². The Balaban J connectivity index is 2.10. The van der Waals surface area contributed by atoms with Crippen molar-refractivity contribution in [2.24, 2.45) is 0 Å². The first-order valence-corrected chi connectivity index (χ1v) is 7.35. The molecule has 2 nitrogen and oxygen atoms in total. The van der Waals surface area contributed by atoms with Gasteiger partial charge in [-0.25, -0.2) is 0 Å². The van der Waals surface area contributed by atoms with Crippen molar-refractivity contribution in [2.45, 2.75) is 19.9 Å². The lowest BCUT2D eigenvalue weighted by Crippen LogP contribution is -1.99. The Morgan fingerprint density at radius 1 is 1.28 bits per heavy atom. The highest BCUT2D eigenvalue weighted by molar-refractivity contribution is 9.10. The van der Waals surface area contributed by atoms with Gasteiger partial charge in [-0.3, -0.25) is 0 Å². The molecule has 2 aromatic rings. The lowest BCUT2D eigenvalue weighted by Gasteiger charge is -2.07. The van der Waals surface area contributed by atoms with E-state index in [1.54, 1.807) is 0 Å². The van der Waals surface area contributed by atoms with Crippen LogP contribution in [0.4, 0.5) is 5.69 Å². The van der Waals surface area contributed by atoms with Crippen LogP contribution >= 0.6 is 27.3 Å². The maximum Gasteiger partial charge on any atom is 0.101 e. The molecule has 0 atom stereocenters. The summed E-state index contributed by atoms with van der Waals surface area (Å²) < 4.78 is 0.976. The third-order valence-corrected chi connectivity index (χ3v) is 4.34. The van der Waals surface area contributed by atoms with Gasteiger partial charge in [0.25, 0.3) is 0 Å². The van der Waals surface area contributed by atoms with Crippen LogP contribution in [0, 0.1) is 11.3 Å². The number of nitrogens with zero attached hydrogens (tertiary/aromatic N) is 1. The van der Waals surface area contributed by atoms with Gasteiger partial charge in [-0.05, 0) is 36.8 Å². The highest BCUT2D eigenvalue weighted by Gasteiger charge is 2.04. The van der Waals surface area contributed by atoms with E-state index >= 15 is 0 Å². The van der Waals surface area contributed by atoms with E-state index in [2.05, 4.69) is 46.4 Å². The second kappa shape index (κ2) is 6.03. The summed E-state index contributed by atoms with van der Waals surface area (Å²) in [6.07, 6.45) is 1.07. The highest BCUT2D eigenvalue weighted by Crippen LogP contribution is 2.23. The molecule has 0 saturated carbocycles. The molecule has 18 heavy (non-hydrogen) atoms. The first-order valence-electron chi connectivity index (χ1n) is 5.74. The summed E-state index contributed by atoms with van der Waals surface area (Å²) in [6.45, 7) is 2.92. The number of aryl methyl sites for hydroxylation is 1. The molecule has 0 fully saturated rings. The predicted octanol–water partition coefficient (Wildman–Crippen LogP) is 4.56. The van der Waals surface area contributed by atoms with E-state index in [9.17, 15) is 0 Å². The maximum absolute atomic E-state index is 9.05. The Labute approximate surface area is 119 Å². The highest BCUT2D eigenvalue weighted by atomic mass is 79.9. The summed E-state index contributed by atoms with van der Waals surface area (Å²) in [5.41, 5.74) is 1.55. The summed E-state index contributed by atoms with van der Waals surface area (Å²) in [6, 6.07) is 12.1. The van der Waals surface area contributed by atoms with Crippen molar-refractivity contribution in [3.63, 3.8) is 0 Å². The Morgan fingerprint density at radius 2 is 2.06 bits per heavy atom. The molecule has 0 amide bonds. The van der Waals surface area contributed by atoms with Crippen molar-refractivity contribution in [3.05, 3.63) is 50.1 Å². The fraction of sp³-hybridized carbons (Fsp3) is 0.214. The molecule has 0 bridgehead atoms. The molecule has 0 aliphatic heterocycles. The lowest BCUT2D eigenvalue weighted by atomic mass is 10.2. The molecule has 0 saturated heterocycles. The van der Waals surface area contributed by atoms with E-state index in [4.69, 9.17) is 5.26 Å². The number of thiophene rings is 1. The Bertz CT molecular complexity index is 584. The van der Waals surface area contributed by atoms with Crippen LogP contribution in [0.25, 0.3) is 0 Å². The zero-order valence-corrected chi connectivity index (χ0v) is 12.4. The minimum atomic E-state index is 0.672. The molecule has 0 unspecified atom stereocenters. The van der Waals surface area contributed by atoms with Gasteiger partial charge in [0.1, 0.15) is 6.07 Å². The molecule has 2 rings (SSSR count). The molecule has 0 spiro atoms. The van der Waals surface area contributed by atoms with Gasteiger partial charge in [-0.1, -0.05) is 22.9 Å². The summed E-state index contributed by atoms with van der Waals surface area (Å²) in [4.78, 5) is 2.68. The summed E-state index contributed by atoms with van der Waals surface area (Å²) >= 11 is 5.23. The molecule has 1 aromatic heterocycles. The number of hydrogen-bond donors (Lipinski definition) is 1. The Hall–Kier alpha value is -1.31. The van der Waals surface area contributed by atoms with Gasteiger partial charge in [-0.2, -0.15) is 5.26 Å². The van der Waals surface area contributed by atoms with Crippen LogP contribution in [-0.2, 0) is 13.0 Å². The quantitative estimate of drug-likeness (QED) is 0.896. The molecule has 1 heterocycles. The molecular weight excluding hydrogens is 308 g/mol. The first-order chi connectivity index (χ1) is 8.72. The SMILES string of the molecule is CCc1ccc(CNc2cc(Br)ccc2C#N)s1. The second-order valence-corrected chi connectivity index (χ2v) is 6.05. The fourth-order valence-electron chi connectivity index (χ4n) is 1.65. The van der Waals surface area contributed by atoms with Crippen molar-refractivity contribution in [2.75, 3.05) is 5.32 Å². The summed E-state index contributed by atoms with van der Waals surface area (Å²) in [5.74, 6) is 0. The van der Waals surface area contributed by atoms with Gasteiger partial charge >= 0.3 is 0 Å². The Morgan fingerprint density at radius 3 is 2.72 bits per heavy atom. The first kappa shape index (κ1) is 13.1. The molecule has 0 aliphatic carbocycles. The average molecular weight is 321 g/mol. The Kier molecular flexibility index (Phi) is 4.40. The largest absolute Gasteiger partial charge is 0.379 e. The second-order valence-electron chi connectivity index (χ2n) is 3.88. The molecular formula is C14H13BrN2S. The number of benzene rings is 1. The van der Waals surface area contributed by atoms with Crippen LogP contribution in [-0.4, -0.2) is 0 Å². The molecule has 92 valence electrons. The van der Waals surface area contributed by atoms with E-state index in [1.807, 2.05) is 29.5 Å². The molecule has 0 aliphatic rings. The topological polar surface area (TPSA) is 35.8 Å². The van der Waals surface area contributed by atoms with Gasteiger partial charge in [0, 0.05) is 20.8 Å². The summed E-state index contributed by atoms with van der Waals surface area (Å²) in [7, 11) is 0. The predicted molar refractivity (Wildman–Crippen MR) is 79.9 cm³/mol. The third-order valence-electron chi connectivity index (χ3n) is 2.62. The van der Waals surface area contributed by atoms with Gasteiger partial charge in [0.05, 0.1) is 11.3 Å². The van der Waals surface area contributed by atoms with Crippen LogP contribution in [0.2, 0.25) is 0 Å². The monoisotopic (exact) mass is 320 g/mol. The zero-order valence-electron chi connectivity index (χ0n) is 10.0. The van der Waals surface area contributed by atoms with E-state index in [1.165, 1.54) is 9.75 Å². The van der Waals surface area contributed by atoms with Crippen LogP contribution in [0.15, 0.2) is 34.8 Å². The smallest absolute Gasteiger partial charge is 0.101 e. The van der Waals surface area contributed by atoms with Gasteiger partial charge in [0.15, 0.2) is 0 Å². The van der Waals surface area contributed by atoms with Crippen LogP contribution < -0.4 is 5.32 Å². The molecule has 4 heteroatoms. The molecule has 0 radical (unpaired) electrons. The van der Waals surface area contributed by atoms with Gasteiger partial charge in [-0.15, -0.1) is 11.3 Å². The van der Waals surface area contributed by atoms with Gasteiger partial charge in [0.2, 0.25) is 0 Å². The van der Waals surface area contributed by atoms with Crippen molar-refractivity contribution in [1.82, 2.24) is 0 Å². The third kappa shape index (κ3) is 3.12. The minimum Gasteiger partial charge on any atom is -0.379 e. The number of rotatable bonds is 4. The lowest BCUT2D eigenvalue weighted by molar-refractivity contribution is 1.18. The van der Waals surface area contributed by atoms with Crippen molar-refractivity contribution in [3.8, 4) is 6.07 Å². The maximum atomic E-state index is 9.05. The number of nitriles is 1.